The number of ether oxygens (including phenoxy) is 2. The average Bonchev–Trinajstić information content (AvgIpc) is 2.29. The number of aromatic nitrogens is 1. The van der Waals surface area contributed by atoms with Gasteiger partial charge in [0.25, 0.3) is 0 Å². The van der Waals surface area contributed by atoms with Gasteiger partial charge in [-0.1, -0.05) is 23.2 Å². The van der Waals surface area contributed by atoms with Crippen molar-refractivity contribution in [3.8, 4) is 0 Å². The Hall–Kier alpha value is -0.490. The van der Waals surface area contributed by atoms with E-state index in [0.717, 1.165) is 12.1 Å². The van der Waals surface area contributed by atoms with E-state index in [2.05, 4.69) is 4.98 Å². The van der Waals surface area contributed by atoms with Crippen molar-refractivity contribution in [2.75, 3.05) is 19.8 Å². The molecule has 1 aliphatic rings. The second-order valence-electron chi connectivity index (χ2n) is 3.56. The lowest BCUT2D eigenvalue weighted by atomic mass is 10.0. The lowest BCUT2D eigenvalue weighted by Gasteiger charge is -2.30. The van der Waals surface area contributed by atoms with Crippen molar-refractivity contribution in [2.24, 2.45) is 0 Å². The summed E-state index contributed by atoms with van der Waals surface area (Å²) in [7, 11) is 0. The molecule has 1 fully saturated rings. The number of rotatable bonds is 2. The summed E-state index contributed by atoms with van der Waals surface area (Å²) in [6.07, 6.45) is -1.33. The maximum absolute atomic E-state index is 14.1. The second kappa shape index (κ2) is 5.02. The molecule has 1 aromatic rings. The van der Waals surface area contributed by atoms with Gasteiger partial charge in [-0.3, -0.25) is 0 Å². The lowest BCUT2D eigenvalue weighted by molar-refractivity contribution is -0.199. The predicted octanol–water partition coefficient (Wildman–Crippen LogP) is 2.90. The fourth-order valence-corrected chi connectivity index (χ4v) is 2.00. The Balaban J connectivity index is 2.29. The quantitative estimate of drug-likeness (QED) is 0.782. The molecular weight excluding hydrogens is 275 g/mol. The fourth-order valence-electron chi connectivity index (χ4n) is 1.54. The molecule has 0 amide bonds. The van der Waals surface area contributed by atoms with Crippen LogP contribution in [0.2, 0.25) is 10.3 Å². The summed E-state index contributed by atoms with van der Waals surface area (Å²) in [5, 5.41) is -0.159. The van der Waals surface area contributed by atoms with Crippen LogP contribution in [0.5, 0.6) is 0 Å². The number of alkyl halides is 2. The van der Waals surface area contributed by atoms with Crippen LogP contribution in [-0.2, 0) is 15.4 Å². The first-order chi connectivity index (χ1) is 8.00. The molecule has 0 aromatic carbocycles. The van der Waals surface area contributed by atoms with Crippen LogP contribution >= 0.6 is 23.2 Å². The third-order valence-corrected chi connectivity index (χ3v) is 2.76. The zero-order valence-electron chi connectivity index (χ0n) is 8.63. The van der Waals surface area contributed by atoms with E-state index in [9.17, 15) is 8.78 Å². The molecule has 1 saturated heterocycles. The first kappa shape index (κ1) is 13.0. The minimum atomic E-state index is -3.21. The molecule has 0 bridgehead atoms. The summed E-state index contributed by atoms with van der Waals surface area (Å²) in [5.41, 5.74) is -0.321. The Labute approximate surface area is 107 Å². The molecule has 7 heteroatoms. The number of nitrogens with zero attached hydrogens (tertiary/aromatic N) is 1. The molecule has 2 rings (SSSR count). The molecule has 1 aromatic heterocycles. The molecule has 1 atom stereocenters. The monoisotopic (exact) mass is 283 g/mol. The molecule has 94 valence electrons. The molecule has 0 saturated carbocycles. The Kier molecular flexibility index (Phi) is 3.82. The third kappa shape index (κ3) is 2.85. The zero-order chi connectivity index (χ0) is 12.5. The molecule has 0 aliphatic carbocycles. The first-order valence-corrected chi connectivity index (χ1v) is 5.66. The van der Waals surface area contributed by atoms with E-state index < -0.39 is 12.0 Å². The van der Waals surface area contributed by atoms with Crippen LogP contribution in [0.15, 0.2) is 12.1 Å². The Morgan fingerprint density at radius 2 is 1.88 bits per heavy atom. The third-order valence-electron chi connectivity index (χ3n) is 2.37. The summed E-state index contributed by atoms with van der Waals surface area (Å²) in [5.74, 6) is -3.21. The fraction of sp³-hybridized carbons (Fsp3) is 0.500. The lowest BCUT2D eigenvalue weighted by Crippen LogP contribution is -2.41. The number of pyridine rings is 1. The Bertz CT molecular complexity index is 391. The summed E-state index contributed by atoms with van der Waals surface area (Å²) < 4.78 is 38.1. The topological polar surface area (TPSA) is 31.4 Å². The van der Waals surface area contributed by atoms with Crippen LogP contribution in [-0.4, -0.2) is 30.9 Å². The van der Waals surface area contributed by atoms with Crippen molar-refractivity contribution in [3.63, 3.8) is 0 Å². The molecule has 1 aliphatic heterocycles. The standard InChI is InChI=1S/C10H9Cl2F2NO2/c11-8-3-6(4-9(12)15-8)10(13,14)7-5-16-1-2-17-7/h3-4,7H,1-2,5H2/t7-/m1/s1. The van der Waals surface area contributed by atoms with Crippen LogP contribution in [0.1, 0.15) is 5.56 Å². The highest BCUT2D eigenvalue weighted by Crippen LogP contribution is 2.36. The van der Waals surface area contributed by atoms with Crippen molar-refractivity contribution in [3.05, 3.63) is 28.0 Å². The van der Waals surface area contributed by atoms with Crippen LogP contribution in [0.25, 0.3) is 0 Å². The van der Waals surface area contributed by atoms with E-state index in [1.807, 2.05) is 0 Å². The largest absolute Gasteiger partial charge is 0.376 e. The Morgan fingerprint density at radius 1 is 1.24 bits per heavy atom. The van der Waals surface area contributed by atoms with E-state index in [-0.39, 0.29) is 29.1 Å². The van der Waals surface area contributed by atoms with Crippen molar-refractivity contribution in [2.45, 2.75) is 12.0 Å². The molecule has 2 heterocycles. The molecule has 0 unspecified atom stereocenters. The average molecular weight is 284 g/mol. The van der Waals surface area contributed by atoms with E-state index in [1.54, 1.807) is 0 Å². The Morgan fingerprint density at radius 3 is 2.41 bits per heavy atom. The van der Waals surface area contributed by atoms with Gasteiger partial charge in [0, 0.05) is 5.56 Å². The van der Waals surface area contributed by atoms with Gasteiger partial charge in [0.15, 0.2) is 0 Å². The molecule has 3 nitrogen and oxygen atoms in total. The highest BCUT2D eigenvalue weighted by atomic mass is 35.5. The molecular formula is C10H9Cl2F2NO2. The second-order valence-corrected chi connectivity index (χ2v) is 4.33. The number of halogens is 4. The van der Waals surface area contributed by atoms with Crippen LogP contribution < -0.4 is 0 Å². The van der Waals surface area contributed by atoms with Gasteiger partial charge in [-0.25, -0.2) is 4.98 Å². The minimum Gasteiger partial charge on any atom is -0.376 e. The van der Waals surface area contributed by atoms with Crippen molar-refractivity contribution >= 4 is 23.2 Å². The van der Waals surface area contributed by atoms with Crippen LogP contribution in [0.4, 0.5) is 8.78 Å². The molecule has 0 radical (unpaired) electrons. The smallest absolute Gasteiger partial charge is 0.301 e. The van der Waals surface area contributed by atoms with Gasteiger partial charge < -0.3 is 9.47 Å². The van der Waals surface area contributed by atoms with Crippen molar-refractivity contribution in [1.82, 2.24) is 4.98 Å². The van der Waals surface area contributed by atoms with Gasteiger partial charge in [-0.05, 0) is 12.1 Å². The van der Waals surface area contributed by atoms with Crippen LogP contribution in [0, 0.1) is 0 Å². The SMILES string of the molecule is FC(F)(c1cc(Cl)nc(Cl)c1)[C@H]1COCCO1. The highest BCUT2D eigenvalue weighted by molar-refractivity contribution is 6.32. The maximum Gasteiger partial charge on any atom is 0.301 e. The maximum atomic E-state index is 14.1. The number of hydrogen-bond acceptors (Lipinski definition) is 3. The predicted molar refractivity (Wildman–Crippen MR) is 58.7 cm³/mol. The first-order valence-electron chi connectivity index (χ1n) is 4.91. The normalized spacial score (nSPS) is 21.5. The van der Waals surface area contributed by atoms with Crippen molar-refractivity contribution < 1.29 is 18.3 Å². The summed E-state index contributed by atoms with van der Waals surface area (Å²) in [4.78, 5) is 3.62. The minimum absolute atomic E-state index is 0.0797. The van der Waals surface area contributed by atoms with Crippen LogP contribution in [0.3, 0.4) is 0 Å². The summed E-state index contributed by atoms with van der Waals surface area (Å²) >= 11 is 11.2. The van der Waals surface area contributed by atoms with Gasteiger partial charge >= 0.3 is 5.92 Å². The molecule has 0 N–H and O–H groups in total. The zero-order valence-corrected chi connectivity index (χ0v) is 10.1. The van der Waals surface area contributed by atoms with Gasteiger partial charge in [-0.2, -0.15) is 8.78 Å². The molecule has 0 spiro atoms. The summed E-state index contributed by atoms with van der Waals surface area (Å²) in [6, 6.07) is 2.15. The summed E-state index contributed by atoms with van der Waals surface area (Å²) in [6.45, 7) is 0.307. The van der Waals surface area contributed by atoms with E-state index in [0.29, 0.717) is 6.61 Å². The van der Waals surface area contributed by atoms with Crippen molar-refractivity contribution in [1.29, 1.82) is 0 Å². The van der Waals surface area contributed by atoms with E-state index in [4.69, 9.17) is 32.7 Å². The van der Waals surface area contributed by atoms with Gasteiger partial charge in [0.2, 0.25) is 0 Å². The van der Waals surface area contributed by atoms with Gasteiger partial charge in [0.1, 0.15) is 16.4 Å². The van der Waals surface area contributed by atoms with Gasteiger partial charge in [-0.15, -0.1) is 0 Å². The number of hydrogen-bond donors (Lipinski definition) is 0. The van der Waals surface area contributed by atoms with E-state index >= 15 is 0 Å². The molecule has 17 heavy (non-hydrogen) atoms. The highest BCUT2D eigenvalue weighted by Gasteiger charge is 2.44. The van der Waals surface area contributed by atoms with Gasteiger partial charge in [0.05, 0.1) is 19.8 Å². The van der Waals surface area contributed by atoms with E-state index in [1.165, 1.54) is 0 Å².